The van der Waals surface area contributed by atoms with Gasteiger partial charge in [-0.05, 0) is 29.7 Å². The molecule has 2 aromatic heterocycles. The lowest BCUT2D eigenvalue weighted by Crippen LogP contribution is -1.98. The molecule has 1 aliphatic carbocycles. The van der Waals surface area contributed by atoms with E-state index in [9.17, 15) is 0 Å². The maximum atomic E-state index is 4.62. The SMILES string of the molecule is C1=CC=CC=CC=1Cc1nnc2n1SN=C(c1cccs1)C=C2. The lowest BCUT2D eigenvalue weighted by Gasteiger charge is -2.02. The maximum absolute atomic E-state index is 4.62. The van der Waals surface area contributed by atoms with Crippen molar-refractivity contribution in [1.29, 1.82) is 0 Å². The monoisotopic (exact) mass is 336 g/mol. The molecule has 4 rings (SSSR count). The van der Waals surface area contributed by atoms with Gasteiger partial charge in [-0.15, -0.1) is 27.3 Å². The molecule has 0 fully saturated rings. The molecule has 112 valence electrons. The number of thiophene rings is 1. The summed E-state index contributed by atoms with van der Waals surface area (Å²) in [5, 5.41) is 10.6. The molecule has 0 saturated carbocycles. The average molecular weight is 336 g/mol. The third kappa shape index (κ3) is 3.05. The first-order valence-corrected chi connectivity index (χ1v) is 8.72. The normalized spacial score (nSPS) is 15.8. The summed E-state index contributed by atoms with van der Waals surface area (Å²) in [4.78, 5) is 1.15. The van der Waals surface area contributed by atoms with Crippen molar-refractivity contribution in [2.75, 3.05) is 0 Å². The first kappa shape index (κ1) is 14.2. The van der Waals surface area contributed by atoms with E-state index in [2.05, 4.69) is 31.8 Å². The maximum Gasteiger partial charge on any atom is 0.168 e. The fourth-order valence-corrected chi connectivity index (χ4v) is 3.67. The van der Waals surface area contributed by atoms with E-state index in [1.807, 2.05) is 52.6 Å². The molecule has 0 saturated heterocycles. The minimum Gasteiger partial charge on any atom is -0.231 e. The Bertz CT molecular complexity index is 905. The van der Waals surface area contributed by atoms with Crippen molar-refractivity contribution in [2.45, 2.75) is 6.42 Å². The van der Waals surface area contributed by atoms with Crippen LogP contribution in [-0.4, -0.2) is 19.9 Å². The van der Waals surface area contributed by atoms with E-state index in [1.54, 1.807) is 11.3 Å². The van der Waals surface area contributed by atoms with Crippen molar-refractivity contribution in [3.63, 3.8) is 0 Å². The van der Waals surface area contributed by atoms with Gasteiger partial charge in [-0.2, -0.15) is 4.40 Å². The number of fused-ring (bicyclic) bond motifs is 1. The highest BCUT2D eigenvalue weighted by Gasteiger charge is 2.15. The van der Waals surface area contributed by atoms with E-state index in [1.165, 1.54) is 12.1 Å². The third-order valence-corrected chi connectivity index (χ3v) is 5.06. The first-order chi connectivity index (χ1) is 11.4. The van der Waals surface area contributed by atoms with Crippen LogP contribution in [0, 0.1) is 0 Å². The molecule has 0 radical (unpaired) electrons. The zero-order valence-corrected chi connectivity index (χ0v) is 13.7. The molecule has 0 bridgehead atoms. The summed E-state index contributed by atoms with van der Waals surface area (Å²) in [6, 6.07) is 4.10. The van der Waals surface area contributed by atoms with E-state index < -0.39 is 0 Å². The first-order valence-electron chi connectivity index (χ1n) is 7.11. The molecular formula is C17H12N4S2. The van der Waals surface area contributed by atoms with Gasteiger partial charge < -0.3 is 0 Å². The van der Waals surface area contributed by atoms with Crippen molar-refractivity contribution in [3.8, 4) is 0 Å². The van der Waals surface area contributed by atoms with Gasteiger partial charge in [0, 0.05) is 12.0 Å². The Balaban J connectivity index is 1.62. The highest BCUT2D eigenvalue weighted by atomic mass is 32.2. The predicted molar refractivity (Wildman–Crippen MR) is 96.5 cm³/mol. The van der Waals surface area contributed by atoms with Gasteiger partial charge in [0.2, 0.25) is 0 Å². The minimum absolute atomic E-state index is 0.673. The summed E-state index contributed by atoms with van der Waals surface area (Å²) in [5.41, 5.74) is 5.28. The standard InChI is InChI=1S/C17H12N4S2/c1-2-4-7-13(6-3-1)12-17-19-18-16-10-9-14(20-23-21(16)17)15-8-5-11-22-15/h1-6,8-11H,12H2. The van der Waals surface area contributed by atoms with Gasteiger partial charge in [-0.1, -0.05) is 30.4 Å². The molecule has 0 spiro atoms. The van der Waals surface area contributed by atoms with Crippen LogP contribution >= 0.6 is 23.5 Å². The predicted octanol–water partition coefficient (Wildman–Crippen LogP) is 4.02. The van der Waals surface area contributed by atoms with Crippen molar-refractivity contribution in [3.05, 3.63) is 81.8 Å². The van der Waals surface area contributed by atoms with E-state index >= 15 is 0 Å². The topological polar surface area (TPSA) is 43.1 Å². The van der Waals surface area contributed by atoms with E-state index in [0.717, 1.165) is 27.8 Å². The average Bonchev–Trinajstić information content (AvgIpc) is 3.08. The number of allylic oxidation sites excluding steroid dienone is 6. The van der Waals surface area contributed by atoms with Crippen LogP contribution < -0.4 is 0 Å². The molecule has 4 nitrogen and oxygen atoms in total. The number of aromatic nitrogens is 3. The van der Waals surface area contributed by atoms with Gasteiger partial charge in [-0.25, -0.2) is 3.97 Å². The Hall–Kier alpha value is -2.40. The van der Waals surface area contributed by atoms with Crippen LogP contribution in [0.15, 0.2) is 69.7 Å². The Labute approximate surface area is 142 Å². The third-order valence-electron chi connectivity index (χ3n) is 3.33. The second-order valence-corrected chi connectivity index (χ2v) is 6.55. The van der Waals surface area contributed by atoms with Crippen LogP contribution in [0.2, 0.25) is 0 Å². The Morgan fingerprint density at radius 3 is 3.00 bits per heavy atom. The fraction of sp³-hybridized carbons (Fsp3) is 0.0588. The zero-order valence-electron chi connectivity index (χ0n) is 12.1. The van der Waals surface area contributed by atoms with Crippen LogP contribution in [0.1, 0.15) is 16.5 Å². The van der Waals surface area contributed by atoms with E-state index in [-0.39, 0.29) is 0 Å². The van der Waals surface area contributed by atoms with Gasteiger partial charge >= 0.3 is 0 Å². The van der Waals surface area contributed by atoms with Crippen molar-refractivity contribution < 1.29 is 0 Å². The lowest BCUT2D eigenvalue weighted by molar-refractivity contribution is 0.958. The number of rotatable bonds is 3. The molecule has 0 N–H and O–H groups in total. The number of nitrogens with zero attached hydrogens (tertiary/aromatic N) is 4. The summed E-state index contributed by atoms with van der Waals surface area (Å²) in [6.45, 7) is 0. The second kappa shape index (κ2) is 6.38. The van der Waals surface area contributed by atoms with Crippen molar-refractivity contribution >= 4 is 35.3 Å². The van der Waals surface area contributed by atoms with Crippen LogP contribution in [-0.2, 0) is 6.42 Å². The van der Waals surface area contributed by atoms with E-state index in [0.29, 0.717) is 6.42 Å². The Kier molecular flexibility index (Phi) is 3.94. The summed E-state index contributed by atoms with van der Waals surface area (Å²) >= 11 is 3.06. The number of hydrogen-bond donors (Lipinski definition) is 0. The summed E-state index contributed by atoms with van der Waals surface area (Å²) < 4.78 is 6.59. The Morgan fingerprint density at radius 2 is 2.09 bits per heavy atom. The molecule has 2 aliphatic rings. The second-order valence-electron chi connectivity index (χ2n) is 4.89. The minimum atomic E-state index is 0.673. The molecule has 6 heteroatoms. The highest BCUT2D eigenvalue weighted by Crippen LogP contribution is 2.24. The number of hydrogen-bond acceptors (Lipinski definition) is 5. The molecular weight excluding hydrogens is 324 g/mol. The fourth-order valence-electron chi connectivity index (χ4n) is 2.21. The molecule has 0 amide bonds. The molecule has 0 aromatic carbocycles. The van der Waals surface area contributed by atoms with E-state index in [4.69, 9.17) is 0 Å². The van der Waals surface area contributed by atoms with Crippen LogP contribution in [0.4, 0.5) is 0 Å². The molecule has 3 heterocycles. The summed E-state index contributed by atoms with van der Waals surface area (Å²) in [7, 11) is 0. The largest absolute Gasteiger partial charge is 0.231 e. The zero-order chi connectivity index (χ0) is 15.5. The van der Waals surface area contributed by atoms with Gasteiger partial charge in [0.25, 0.3) is 0 Å². The molecule has 1 aliphatic heterocycles. The van der Waals surface area contributed by atoms with Crippen LogP contribution in [0.25, 0.3) is 6.08 Å². The summed E-state index contributed by atoms with van der Waals surface area (Å²) in [5.74, 6) is 1.67. The lowest BCUT2D eigenvalue weighted by atomic mass is 10.2. The molecule has 0 unspecified atom stereocenters. The summed E-state index contributed by atoms with van der Waals surface area (Å²) in [6.07, 6.45) is 14.5. The van der Waals surface area contributed by atoms with Crippen molar-refractivity contribution in [1.82, 2.24) is 14.2 Å². The Morgan fingerprint density at radius 1 is 1.09 bits per heavy atom. The molecule has 23 heavy (non-hydrogen) atoms. The van der Waals surface area contributed by atoms with Gasteiger partial charge in [0.05, 0.1) is 10.6 Å². The quantitative estimate of drug-likeness (QED) is 0.628. The van der Waals surface area contributed by atoms with Crippen molar-refractivity contribution in [2.24, 2.45) is 4.40 Å². The van der Waals surface area contributed by atoms with Gasteiger partial charge in [0.15, 0.2) is 5.82 Å². The highest BCUT2D eigenvalue weighted by molar-refractivity contribution is 7.96. The molecule has 2 aromatic rings. The van der Waals surface area contributed by atoms with Gasteiger partial charge in [0.1, 0.15) is 18.0 Å². The molecule has 0 atom stereocenters. The van der Waals surface area contributed by atoms with Crippen LogP contribution in [0.5, 0.6) is 0 Å². The van der Waals surface area contributed by atoms with Gasteiger partial charge in [-0.3, -0.25) is 0 Å². The smallest absolute Gasteiger partial charge is 0.168 e. The van der Waals surface area contributed by atoms with Crippen LogP contribution in [0.3, 0.4) is 0 Å².